The second-order valence-corrected chi connectivity index (χ2v) is 8.31. The van der Waals surface area contributed by atoms with E-state index in [4.69, 9.17) is 9.47 Å². The van der Waals surface area contributed by atoms with Gasteiger partial charge in [0, 0.05) is 36.7 Å². The first-order valence-corrected chi connectivity index (χ1v) is 10.8. The number of hydrogen-bond acceptors (Lipinski definition) is 5. The minimum absolute atomic E-state index is 0.0385. The van der Waals surface area contributed by atoms with E-state index in [2.05, 4.69) is 17.9 Å². The first kappa shape index (κ1) is 22.4. The predicted molar refractivity (Wildman–Crippen MR) is 115 cm³/mol. The number of hydrogen-bond donors (Lipinski definition) is 2. The largest absolute Gasteiger partial charge is 0.489 e. The SMILES string of the molecule is CC#CCC(C)C(O)/C=C/[C@H]1[C@H](O)CC2Oc3c(CCCC(=O)OC)cccc3[C@@H]21. The van der Waals surface area contributed by atoms with Crippen LogP contribution in [0.15, 0.2) is 30.4 Å². The normalized spacial score (nSPS) is 26.3. The second kappa shape index (κ2) is 10.1. The van der Waals surface area contributed by atoms with E-state index in [-0.39, 0.29) is 29.8 Å². The third kappa shape index (κ3) is 4.88. The molecule has 1 fully saturated rings. The van der Waals surface area contributed by atoms with E-state index in [1.807, 2.05) is 25.1 Å². The molecule has 0 spiro atoms. The lowest BCUT2D eigenvalue weighted by molar-refractivity contribution is -0.140. The molecule has 1 heterocycles. The average Bonchev–Trinajstić information content (AvgIpc) is 3.25. The summed E-state index contributed by atoms with van der Waals surface area (Å²) in [5, 5.41) is 21.1. The molecule has 1 saturated carbocycles. The Bertz CT molecular complexity index is 834. The molecule has 6 atom stereocenters. The van der Waals surface area contributed by atoms with Crippen molar-refractivity contribution < 1.29 is 24.5 Å². The van der Waals surface area contributed by atoms with Crippen LogP contribution < -0.4 is 4.74 Å². The Balaban J connectivity index is 1.73. The highest BCUT2D eigenvalue weighted by molar-refractivity contribution is 5.69. The molecule has 1 aromatic rings. The Morgan fingerprint density at radius 3 is 2.97 bits per heavy atom. The van der Waals surface area contributed by atoms with Crippen LogP contribution in [0.1, 0.15) is 56.6 Å². The van der Waals surface area contributed by atoms with Crippen molar-refractivity contribution in [2.75, 3.05) is 7.11 Å². The van der Waals surface area contributed by atoms with Gasteiger partial charge in [0.15, 0.2) is 0 Å². The third-order valence-electron chi connectivity index (χ3n) is 6.26. The van der Waals surface area contributed by atoms with E-state index in [1.54, 1.807) is 13.0 Å². The van der Waals surface area contributed by atoms with Crippen LogP contribution in [0, 0.1) is 23.7 Å². The minimum Gasteiger partial charge on any atom is -0.489 e. The zero-order valence-corrected chi connectivity index (χ0v) is 18.0. The summed E-state index contributed by atoms with van der Waals surface area (Å²) in [5.74, 6) is 6.58. The molecule has 0 bridgehead atoms. The molecule has 0 saturated heterocycles. The van der Waals surface area contributed by atoms with Crippen molar-refractivity contribution in [1.82, 2.24) is 0 Å². The maximum absolute atomic E-state index is 11.4. The molecular weight excluding hydrogens is 380 g/mol. The average molecular weight is 413 g/mol. The van der Waals surface area contributed by atoms with Crippen LogP contribution in [0.5, 0.6) is 5.75 Å². The van der Waals surface area contributed by atoms with Crippen LogP contribution in [0.25, 0.3) is 0 Å². The summed E-state index contributed by atoms with van der Waals surface area (Å²) in [6, 6.07) is 6.13. The summed E-state index contributed by atoms with van der Waals surface area (Å²) < 4.78 is 11.0. The van der Waals surface area contributed by atoms with Crippen molar-refractivity contribution in [3.63, 3.8) is 0 Å². The number of aryl methyl sites for hydroxylation is 1. The van der Waals surface area contributed by atoms with Crippen molar-refractivity contribution in [1.29, 1.82) is 0 Å². The first-order chi connectivity index (χ1) is 14.5. The molecule has 162 valence electrons. The Labute approximate surface area is 179 Å². The number of rotatable bonds is 8. The standard InChI is InChI=1S/C25H32O5/c1-4-5-8-16(2)20(26)14-13-18-21(27)15-22-24(18)19-11-6-9-17(25(19)30-22)10-7-12-23(28)29-3/h6,9,11,13-14,16,18,20-22,24,26-27H,7-8,10,12,15H2,1-3H3/b14-13+/t16?,18-,20?,21+,22?,24-/m0/s1. The van der Waals surface area contributed by atoms with Crippen molar-refractivity contribution in [3.8, 4) is 17.6 Å². The van der Waals surface area contributed by atoms with Crippen molar-refractivity contribution >= 4 is 5.97 Å². The molecule has 3 rings (SSSR count). The first-order valence-electron chi connectivity index (χ1n) is 10.8. The Morgan fingerprint density at radius 1 is 1.43 bits per heavy atom. The van der Waals surface area contributed by atoms with Gasteiger partial charge in [-0.3, -0.25) is 4.79 Å². The molecule has 2 N–H and O–H groups in total. The summed E-state index contributed by atoms with van der Waals surface area (Å²) >= 11 is 0. The molecule has 5 heteroatoms. The number of para-hydroxylation sites is 1. The van der Waals surface area contributed by atoms with Gasteiger partial charge in [-0.2, -0.15) is 0 Å². The highest BCUT2D eigenvalue weighted by atomic mass is 16.5. The van der Waals surface area contributed by atoms with Crippen molar-refractivity contribution in [2.24, 2.45) is 11.8 Å². The predicted octanol–water partition coefficient (Wildman–Crippen LogP) is 3.37. The molecule has 2 aliphatic rings. The molecule has 1 aliphatic heterocycles. The molecule has 5 nitrogen and oxygen atoms in total. The summed E-state index contributed by atoms with van der Waals surface area (Å²) in [6.45, 7) is 3.77. The monoisotopic (exact) mass is 412 g/mol. The number of methoxy groups -OCH3 is 1. The highest BCUT2D eigenvalue weighted by Crippen LogP contribution is 2.52. The zero-order valence-electron chi connectivity index (χ0n) is 18.0. The van der Waals surface area contributed by atoms with Gasteiger partial charge in [-0.15, -0.1) is 11.8 Å². The fraction of sp³-hybridized carbons (Fsp3) is 0.560. The molecular formula is C25H32O5. The van der Waals surface area contributed by atoms with E-state index in [1.165, 1.54) is 7.11 Å². The van der Waals surface area contributed by atoms with Gasteiger partial charge in [0.1, 0.15) is 11.9 Å². The summed E-state index contributed by atoms with van der Waals surface area (Å²) in [7, 11) is 1.40. The van der Waals surface area contributed by atoms with Gasteiger partial charge in [-0.05, 0) is 31.2 Å². The fourth-order valence-electron chi connectivity index (χ4n) is 4.51. The fourth-order valence-corrected chi connectivity index (χ4v) is 4.51. The number of carbonyl (C=O) groups is 1. The van der Waals surface area contributed by atoms with Gasteiger partial charge in [0.05, 0.1) is 19.3 Å². The molecule has 0 amide bonds. The highest BCUT2D eigenvalue weighted by Gasteiger charge is 2.48. The quantitative estimate of drug-likeness (QED) is 0.389. The van der Waals surface area contributed by atoms with Crippen LogP contribution in [-0.4, -0.2) is 41.6 Å². The number of aliphatic hydroxyl groups excluding tert-OH is 2. The Kier molecular flexibility index (Phi) is 7.58. The number of aliphatic hydroxyl groups is 2. The zero-order chi connectivity index (χ0) is 21.7. The van der Waals surface area contributed by atoms with Crippen LogP contribution >= 0.6 is 0 Å². The minimum atomic E-state index is -0.594. The number of fused-ring (bicyclic) bond motifs is 3. The maximum Gasteiger partial charge on any atom is 0.305 e. The molecule has 1 aliphatic carbocycles. The molecule has 0 aromatic heterocycles. The number of esters is 1. The second-order valence-electron chi connectivity index (χ2n) is 8.31. The summed E-state index contributed by atoms with van der Waals surface area (Å²) in [4.78, 5) is 11.4. The topological polar surface area (TPSA) is 76.0 Å². The van der Waals surface area contributed by atoms with E-state index in [9.17, 15) is 15.0 Å². The van der Waals surface area contributed by atoms with Gasteiger partial charge in [0.25, 0.3) is 0 Å². The van der Waals surface area contributed by atoms with E-state index >= 15 is 0 Å². The maximum atomic E-state index is 11.4. The van der Waals surface area contributed by atoms with E-state index in [0.29, 0.717) is 25.7 Å². The van der Waals surface area contributed by atoms with Crippen LogP contribution in [0.2, 0.25) is 0 Å². The lowest BCUT2D eigenvalue weighted by Crippen LogP contribution is -2.19. The Morgan fingerprint density at radius 2 is 2.23 bits per heavy atom. The third-order valence-corrected chi connectivity index (χ3v) is 6.26. The van der Waals surface area contributed by atoms with E-state index < -0.39 is 12.2 Å². The van der Waals surface area contributed by atoms with Gasteiger partial charge in [-0.25, -0.2) is 0 Å². The Hall–Kier alpha value is -2.29. The van der Waals surface area contributed by atoms with Gasteiger partial charge >= 0.3 is 5.97 Å². The number of ether oxygens (including phenoxy) is 2. The molecule has 3 unspecified atom stereocenters. The lowest BCUT2D eigenvalue weighted by Gasteiger charge is -2.19. The van der Waals surface area contributed by atoms with Gasteiger partial charge in [-0.1, -0.05) is 37.3 Å². The lowest BCUT2D eigenvalue weighted by atomic mass is 9.86. The summed E-state index contributed by atoms with van der Waals surface area (Å²) in [6.07, 6.45) is 5.66. The van der Waals surface area contributed by atoms with Crippen LogP contribution in [0.3, 0.4) is 0 Å². The van der Waals surface area contributed by atoms with Gasteiger partial charge < -0.3 is 19.7 Å². The van der Waals surface area contributed by atoms with Crippen molar-refractivity contribution in [2.45, 2.75) is 70.2 Å². The van der Waals surface area contributed by atoms with Crippen molar-refractivity contribution in [3.05, 3.63) is 41.5 Å². The number of carbonyl (C=O) groups excluding carboxylic acids is 1. The summed E-state index contributed by atoms with van der Waals surface area (Å²) in [5.41, 5.74) is 2.20. The van der Waals surface area contributed by atoms with E-state index in [0.717, 1.165) is 23.3 Å². The van der Waals surface area contributed by atoms with Crippen LogP contribution in [0.4, 0.5) is 0 Å². The smallest absolute Gasteiger partial charge is 0.305 e. The van der Waals surface area contributed by atoms with Gasteiger partial charge in [0.2, 0.25) is 0 Å². The molecule has 0 radical (unpaired) electrons. The number of benzene rings is 1. The van der Waals surface area contributed by atoms with Crippen LogP contribution in [-0.2, 0) is 16.0 Å². The molecule has 1 aromatic carbocycles. The molecule has 30 heavy (non-hydrogen) atoms.